The highest BCUT2D eigenvalue weighted by atomic mass is 16.5. The lowest BCUT2D eigenvalue weighted by Crippen LogP contribution is -2.25. The first-order valence-corrected chi connectivity index (χ1v) is 8.25. The van der Waals surface area contributed by atoms with Gasteiger partial charge < -0.3 is 4.74 Å². The smallest absolute Gasteiger partial charge is 0.316 e. The summed E-state index contributed by atoms with van der Waals surface area (Å²) in [6, 6.07) is 0. The summed E-state index contributed by atoms with van der Waals surface area (Å²) in [7, 11) is 0. The summed E-state index contributed by atoms with van der Waals surface area (Å²) in [6.45, 7) is 5.89. The van der Waals surface area contributed by atoms with Gasteiger partial charge in [-0.15, -0.1) is 0 Å². The number of hydrogen-bond donors (Lipinski definition) is 0. The number of carbonyl (C=O) groups excluding carboxylic acids is 2. The van der Waals surface area contributed by atoms with E-state index in [4.69, 9.17) is 4.74 Å². The molecule has 1 aliphatic carbocycles. The molecule has 1 fully saturated rings. The van der Waals surface area contributed by atoms with Crippen molar-refractivity contribution in [1.29, 1.82) is 0 Å². The van der Waals surface area contributed by atoms with Gasteiger partial charge in [-0.05, 0) is 38.5 Å². The van der Waals surface area contributed by atoms with Gasteiger partial charge in [0.25, 0.3) is 0 Å². The summed E-state index contributed by atoms with van der Waals surface area (Å²) in [6.07, 6.45) is 9.46. The van der Waals surface area contributed by atoms with E-state index >= 15 is 0 Å². The molecule has 1 rings (SSSR count). The second kappa shape index (κ2) is 9.15. The number of ketones is 1. The Morgan fingerprint density at radius 2 is 1.60 bits per heavy atom. The van der Waals surface area contributed by atoms with Crippen LogP contribution in [0.25, 0.3) is 0 Å². The normalized spacial score (nSPS) is 24.1. The molecule has 0 aromatic heterocycles. The Morgan fingerprint density at radius 1 is 1.05 bits per heavy atom. The molecular formula is C17H30O3. The summed E-state index contributed by atoms with van der Waals surface area (Å²) < 4.78 is 4.99. The highest BCUT2D eigenvalue weighted by Gasteiger charge is 2.27. The van der Waals surface area contributed by atoms with Crippen LogP contribution < -0.4 is 0 Å². The first kappa shape index (κ1) is 17.2. The molecule has 116 valence electrons. The molecule has 3 heteroatoms. The van der Waals surface area contributed by atoms with Crippen molar-refractivity contribution >= 4 is 11.8 Å². The average Bonchev–Trinajstić information content (AvgIpc) is 2.41. The van der Waals surface area contributed by atoms with Gasteiger partial charge in [-0.2, -0.15) is 0 Å². The summed E-state index contributed by atoms with van der Waals surface area (Å²) in [5, 5.41) is 0. The molecular weight excluding hydrogens is 252 g/mol. The predicted octanol–water partition coefficient (Wildman–Crippen LogP) is 4.14. The molecule has 1 atom stereocenters. The van der Waals surface area contributed by atoms with Gasteiger partial charge in [0, 0.05) is 0 Å². The molecule has 20 heavy (non-hydrogen) atoms. The fraction of sp³-hybridized carbons (Fsp3) is 0.882. The minimum atomic E-state index is -0.539. The molecule has 0 aromatic carbocycles. The van der Waals surface area contributed by atoms with E-state index in [1.54, 1.807) is 6.92 Å². The first-order valence-electron chi connectivity index (χ1n) is 8.25. The predicted molar refractivity (Wildman–Crippen MR) is 80.4 cm³/mol. The Hall–Kier alpha value is -0.860. The Balaban J connectivity index is 2.34. The van der Waals surface area contributed by atoms with Gasteiger partial charge >= 0.3 is 5.97 Å². The Bertz CT molecular complexity index is 303. The van der Waals surface area contributed by atoms with Gasteiger partial charge in [-0.1, -0.05) is 45.4 Å². The van der Waals surface area contributed by atoms with E-state index in [2.05, 4.69) is 6.92 Å². The summed E-state index contributed by atoms with van der Waals surface area (Å²) in [4.78, 5) is 23.3. The minimum absolute atomic E-state index is 0.0527. The van der Waals surface area contributed by atoms with Crippen LogP contribution in [0.3, 0.4) is 0 Å². The van der Waals surface area contributed by atoms with Gasteiger partial charge in [-0.25, -0.2) is 0 Å². The largest absolute Gasteiger partial charge is 0.465 e. The number of rotatable bonds is 8. The molecule has 0 N–H and O–H groups in total. The second-order valence-electron chi connectivity index (χ2n) is 6.17. The third kappa shape index (κ3) is 5.64. The van der Waals surface area contributed by atoms with E-state index in [0.717, 1.165) is 12.3 Å². The molecule has 0 aromatic rings. The molecule has 0 bridgehead atoms. The zero-order valence-corrected chi connectivity index (χ0v) is 13.3. The molecule has 0 amide bonds. The third-order valence-electron chi connectivity index (χ3n) is 4.59. The van der Waals surface area contributed by atoms with Crippen LogP contribution in [-0.4, -0.2) is 18.4 Å². The van der Waals surface area contributed by atoms with Gasteiger partial charge in [-0.3, -0.25) is 9.59 Å². The molecule has 1 unspecified atom stereocenters. The van der Waals surface area contributed by atoms with Gasteiger partial charge in [0.15, 0.2) is 0 Å². The van der Waals surface area contributed by atoms with Gasteiger partial charge in [0.2, 0.25) is 0 Å². The van der Waals surface area contributed by atoms with Crippen LogP contribution in [0.2, 0.25) is 0 Å². The maximum atomic E-state index is 11.8. The zero-order valence-electron chi connectivity index (χ0n) is 13.3. The fourth-order valence-electron chi connectivity index (χ4n) is 3.35. The third-order valence-corrected chi connectivity index (χ3v) is 4.59. The number of Topliss-reactive ketones (excluding diaryl/α,β-unsaturated/α-hetero) is 1. The van der Waals surface area contributed by atoms with Crippen LogP contribution in [-0.2, 0) is 14.3 Å². The van der Waals surface area contributed by atoms with E-state index in [0.29, 0.717) is 18.9 Å². The van der Waals surface area contributed by atoms with Crippen LogP contribution in [0.4, 0.5) is 0 Å². The van der Waals surface area contributed by atoms with E-state index in [1.165, 1.54) is 45.4 Å². The minimum Gasteiger partial charge on any atom is -0.465 e. The van der Waals surface area contributed by atoms with E-state index in [9.17, 15) is 9.59 Å². The Labute approximate surface area is 123 Å². The highest BCUT2D eigenvalue weighted by Crippen LogP contribution is 2.34. The second-order valence-corrected chi connectivity index (χ2v) is 6.17. The fourth-order valence-corrected chi connectivity index (χ4v) is 3.35. The molecule has 0 heterocycles. The van der Waals surface area contributed by atoms with Crippen molar-refractivity contribution in [3.63, 3.8) is 0 Å². The molecule has 1 aliphatic rings. The first-order chi connectivity index (χ1) is 9.58. The van der Waals surface area contributed by atoms with Crippen LogP contribution in [0.5, 0.6) is 0 Å². The number of carbonyl (C=O) groups is 2. The molecule has 0 aliphatic heterocycles. The van der Waals surface area contributed by atoms with Crippen molar-refractivity contribution in [2.75, 3.05) is 6.61 Å². The van der Waals surface area contributed by atoms with E-state index < -0.39 is 5.92 Å². The van der Waals surface area contributed by atoms with Crippen LogP contribution in [0.15, 0.2) is 0 Å². The molecule has 3 nitrogen and oxygen atoms in total. The van der Waals surface area contributed by atoms with Gasteiger partial charge in [0.1, 0.15) is 11.7 Å². The van der Waals surface area contributed by atoms with Gasteiger partial charge in [0.05, 0.1) is 6.61 Å². The number of esters is 1. The van der Waals surface area contributed by atoms with Crippen molar-refractivity contribution in [3.05, 3.63) is 0 Å². The van der Waals surface area contributed by atoms with Crippen molar-refractivity contribution in [2.24, 2.45) is 17.8 Å². The average molecular weight is 282 g/mol. The van der Waals surface area contributed by atoms with Crippen molar-refractivity contribution in [1.82, 2.24) is 0 Å². The number of hydrogen-bond acceptors (Lipinski definition) is 3. The highest BCUT2D eigenvalue weighted by molar-refractivity contribution is 5.97. The maximum Gasteiger partial charge on any atom is 0.316 e. The maximum absolute atomic E-state index is 11.8. The van der Waals surface area contributed by atoms with Crippen molar-refractivity contribution in [2.45, 2.75) is 72.1 Å². The SMILES string of the molecule is CCCC1CCC(CCC(C(C)=O)C(=O)OCC)CC1. The summed E-state index contributed by atoms with van der Waals surface area (Å²) in [5.41, 5.74) is 0. The van der Waals surface area contributed by atoms with Crippen molar-refractivity contribution < 1.29 is 14.3 Å². The van der Waals surface area contributed by atoms with Crippen LogP contribution >= 0.6 is 0 Å². The molecule has 0 saturated heterocycles. The molecule has 0 radical (unpaired) electrons. The molecule has 0 spiro atoms. The Kier molecular flexibility index (Phi) is 7.86. The topological polar surface area (TPSA) is 43.4 Å². The van der Waals surface area contributed by atoms with Crippen LogP contribution in [0, 0.1) is 17.8 Å². The summed E-state index contributed by atoms with van der Waals surface area (Å²) >= 11 is 0. The Morgan fingerprint density at radius 3 is 2.05 bits per heavy atom. The lowest BCUT2D eigenvalue weighted by Gasteiger charge is -2.28. The molecule has 1 saturated carbocycles. The quantitative estimate of drug-likeness (QED) is 0.496. The van der Waals surface area contributed by atoms with Crippen molar-refractivity contribution in [3.8, 4) is 0 Å². The van der Waals surface area contributed by atoms with E-state index in [-0.39, 0.29) is 11.8 Å². The van der Waals surface area contributed by atoms with Crippen LogP contribution in [0.1, 0.15) is 72.1 Å². The number of ether oxygens (including phenoxy) is 1. The van der Waals surface area contributed by atoms with E-state index in [1.807, 2.05) is 0 Å². The summed E-state index contributed by atoms with van der Waals surface area (Å²) in [5.74, 6) is 0.676. The standard InChI is InChI=1S/C17H30O3/c1-4-6-14-7-9-15(10-8-14)11-12-16(13(3)18)17(19)20-5-2/h14-16H,4-12H2,1-3H3. The zero-order chi connectivity index (χ0) is 15.0. The lowest BCUT2D eigenvalue weighted by molar-refractivity contribution is -0.151. The lowest BCUT2D eigenvalue weighted by atomic mass is 9.77. The monoisotopic (exact) mass is 282 g/mol.